The smallest absolute Gasteiger partial charge is 0.0788 e. The summed E-state index contributed by atoms with van der Waals surface area (Å²) in [5, 5.41) is 0. The Morgan fingerprint density at radius 3 is 2.56 bits per heavy atom. The lowest BCUT2D eigenvalue weighted by Gasteiger charge is -2.34. The SMILES string of the molecule is COC(C1CCCCC1)C(N)C1=CCCCCC1. The van der Waals surface area contributed by atoms with Gasteiger partial charge in [0.25, 0.3) is 0 Å². The van der Waals surface area contributed by atoms with Crippen LogP contribution >= 0.6 is 0 Å². The molecule has 0 spiro atoms. The third kappa shape index (κ3) is 3.58. The highest BCUT2D eigenvalue weighted by Gasteiger charge is 2.30. The number of allylic oxidation sites excluding steroid dienone is 1. The molecule has 2 N–H and O–H groups in total. The molecule has 1 saturated carbocycles. The van der Waals surface area contributed by atoms with Gasteiger partial charge in [-0.05, 0) is 44.4 Å². The lowest BCUT2D eigenvalue weighted by atomic mass is 9.80. The molecule has 104 valence electrons. The predicted octanol–water partition coefficient (Wildman–Crippen LogP) is 3.80. The van der Waals surface area contributed by atoms with Gasteiger partial charge in [-0.3, -0.25) is 0 Å². The Hall–Kier alpha value is -0.340. The molecule has 0 bridgehead atoms. The van der Waals surface area contributed by atoms with E-state index in [4.69, 9.17) is 10.5 Å². The van der Waals surface area contributed by atoms with Crippen LogP contribution in [0.4, 0.5) is 0 Å². The molecule has 0 aromatic heterocycles. The van der Waals surface area contributed by atoms with Crippen LogP contribution in [0, 0.1) is 5.92 Å². The Balaban J connectivity index is 1.98. The van der Waals surface area contributed by atoms with Gasteiger partial charge in [-0.1, -0.05) is 37.3 Å². The van der Waals surface area contributed by atoms with Crippen molar-refractivity contribution in [2.75, 3.05) is 7.11 Å². The Kier molecular flexibility index (Phi) is 5.71. The van der Waals surface area contributed by atoms with Gasteiger partial charge in [-0.15, -0.1) is 0 Å². The molecular weight excluding hydrogens is 222 g/mol. The number of rotatable bonds is 4. The molecule has 2 heteroatoms. The van der Waals surface area contributed by atoms with Gasteiger partial charge in [0.1, 0.15) is 0 Å². The maximum atomic E-state index is 6.51. The van der Waals surface area contributed by atoms with Crippen LogP contribution in [0.25, 0.3) is 0 Å². The molecule has 0 radical (unpaired) electrons. The monoisotopic (exact) mass is 251 g/mol. The second-order valence-electron chi connectivity index (χ2n) is 6.00. The van der Waals surface area contributed by atoms with Gasteiger partial charge >= 0.3 is 0 Å². The minimum absolute atomic E-state index is 0.135. The van der Waals surface area contributed by atoms with Crippen LogP contribution in [0.3, 0.4) is 0 Å². The lowest BCUT2D eigenvalue weighted by molar-refractivity contribution is 0.0249. The van der Waals surface area contributed by atoms with Crippen molar-refractivity contribution < 1.29 is 4.74 Å². The molecule has 0 heterocycles. The van der Waals surface area contributed by atoms with Gasteiger partial charge < -0.3 is 10.5 Å². The average Bonchev–Trinajstić information content (AvgIpc) is 2.69. The number of hydrogen-bond donors (Lipinski definition) is 1. The van der Waals surface area contributed by atoms with Crippen molar-refractivity contribution in [1.82, 2.24) is 0 Å². The largest absolute Gasteiger partial charge is 0.379 e. The van der Waals surface area contributed by atoms with Crippen molar-refractivity contribution in [3.05, 3.63) is 11.6 Å². The van der Waals surface area contributed by atoms with Crippen molar-refractivity contribution >= 4 is 0 Å². The Bertz CT molecular complexity index is 268. The fraction of sp³-hybridized carbons (Fsp3) is 0.875. The number of hydrogen-bond acceptors (Lipinski definition) is 2. The summed E-state index contributed by atoms with van der Waals surface area (Å²) in [5.41, 5.74) is 7.97. The molecule has 2 aliphatic carbocycles. The Labute approximate surface area is 112 Å². The van der Waals surface area contributed by atoms with Crippen LogP contribution in [-0.2, 0) is 4.74 Å². The van der Waals surface area contributed by atoms with Gasteiger partial charge in [0, 0.05) is 7.11 Å². The summed E-state index contributed by atoms with van der Waals surface area (Å²) in [6.45, 7) is 0. The summed E-state index contributed by atoms with van der Waals surface area (Å²) in [6.07, 6.45) is 15.8. The van der Waals surface area contributed by atoms with Gasteiger partial charge in [0.05, 0.1) is 12.1 Å². The highest BCUT2D eigenvalue weighted by molar-refractivity contribution is 5.14. The normalized spacial score (nSPS) is 26.2. The maximum Gasteiger partial charge on any atom is 0.0788 e. The van der Waals surface area contributed by atoms with Crippen LogP contribution < -0.4 is 5.73 Å². The lowest BCUT2D eigenvalue weighted by Crippen LogP contribution is -2.43. The first kappa shape index (κ1) is 14.1. The Morgan fingerprint density at radius 2 is 1.83 bits per heavy atom. The second-order valence-corrected chi connectivity index (χ2v) is 6.00. The summed E-state index contributed by atoms with van der Waals surface area (Å²) in [5.74, 6) is 0.683. The minimum Gasteiger partial charge on any atom is -0.379 e. The zero-order valence-corrected chi connectivity index (χ0v) is 11.9. The fourth-order valence-electron chi connectivity index (χ4n) is 3.65. The van der Waals surface area contributed by atoms with Crippen molar-refractivity contribution in [2.45, 2.75) is 76.4 Å². The first-order valence-corrected chi connectivity index (χ1v) is 7.80. The van der Waals surface area contributed by atoms with Crippen LogP contribution in [0.2, 0.25) is 0 Å². The molecule has 2 rings (SSSR count). The fourth-order valence-corrected chi connectivity index (χ4v) is 3.65. The molecule has 0 saturated heterocycles. The zero-order chi connectivity index (χ0) is 12.8. The summed E-state index contributed by atoms with van der Waals surface area (Å²) < 4.78 is 5.78. The molecule has 1 fully saturated rings. The first-order chi connectivity index (χ1) is 8.83. The van der Waals surface area contributed by atoms with Crippen molar-refractivity contribution in [3.63, 3.8) is 0 Å². The van der Waals surface area contributed by atoms with Crippen molar-refractivity contribution in [2.24, 2.45) is 11.7 Å². The van der Waals surface area contributed by atoms with E-state index in [0.29, 0.717) is 5.92 Å². The Morgan fingerprint density at radius 1 is 1.11 bits per heavy atom. The molecular formula is C16H29NO. The quantitative estimate of drug-likeness (QED) is 0.771. The minimum atomic E-state index is 0.135. The topological polar surface area (TPSA) is 35.2 Å². The van der Waals surface area contributed by atoms with Crippen LogP contribution in [-0.4, -0.2) is 19.3 Å². The molecule has 2 atom stereocenters. The van der Waals surface area contributed by atoms with E-state index in [9.17, 15) is 0 Å². The van der Waals surface area contributed by atoms with Gasteiger partial charge in [-0.2, -0.15) is 0 Å². The van der Waals surface area contributed by atoms with Gasteiger partial charge in [-0.25, -0.2) is 0 Å². The van der Waals surface area contributed by atoms with Crippen LogP contribution in [0.1, 0.15) is 64.2 Å². The standard InChI is InChI=1S/C16H29NO/c1-18-16(14-11-7-4-8-12-14)15(17)13-9-5-2-3-6-10-13/h9,14-16H,2-8,10-12,17H2,1H3. The van der Waals surface area contributed by atoms with E-state index < -0.39 is 0 Å². The summed E-state index contributed by atoms with van der Waals surface area (Å²) >= 11 is 0. The second kappa shape index (κ2) is 7.30. The zero-order valence-electron chi connectivity index (χ0n) is 11.9. The number of ether oxygens (including phenoxy) is 1. The van der Waals surface area contributed by atoms with E-state index in [-0.39, 0.29) is 12.1 Å². The van der Waals surface area contributed by atoms with Gasteiger partial charge in [0.2, 0.25) is 0 Å². The van der Waals surface area contributed by atoms with Crippen LogP contribution in [0.5, 0.6) is 0 Å². The number of methoxy groups -OCH3 is 1. The van der Waals surface area contributed by atoms with Gasteiger partial charge in [0.15, 0.2) is 0 Å². The van der Waals surface area contributed by atoms with Crippen LogP contribution in [0.15, 0.2) is 11.6 Å². The molecule has 0 amide bonds. The molecule has 0 aromatic carbocycles. The van der Waals surface area contributed by atoms with E-state index in [2.05, 4.69) is 6.08 Å². The molecule has 2 nitrogen and oxygen atoms in total. The van der Waals surface area contributed by atoms with Crippen molar-refractivity contribution in [3.8, 4) is 0 Å². The third-order valence-electron chi connectivity index (χ3n) is 4.74. The highest BCUT2D eigenvalue weighted by Crippen LogP contribution is 2.32. The third-order valence-corrected chi connectivity index (χ3v) is 4.74. The molecule has 2 aliphatic rings. The highest BCUT2D eigenvalue weighted by atomic mass is 16.5. The van der Waals surface area contributed by atoms with E-state index in [1.165, 1.54) is 69.8 Å². The van der Waals surface area contributed by atoms with Crippen molar-refractivity contribution in [1.29, 1.82) is 0 Å². The van der Waals surface area contributed by atoms with E-state index in [0.717, 1.165) is 0 Å². The summed E-state index contributed by atoms with van der Waals surface area (Å²) in [7, 11) is 1.84. The molecule has 18 heavy (non-hydrogen) atoms. The molecule has 2 unspecified atom stereocenters. The van der Waals surface area contributed by atoms with E-state index >= 15 is 0 Å². The molecule has 0 aromatic rings. The number of nitrogens with two attached hydrogens (primary N) is 1. The maximum absolute atomic E-state index is 6.51. The predicted molar refractivity (Wildman–Crippen MR) is 76.5 cm³/mol. The molecule has 0 aliphatic heterocycles. The average molecular weight is 251 g/mol. The van der Waals surface area contributed by atoms with E-state index in [1.54, 1.807) is 0 Å². The summed E-state index contributed by atoms with van der Waals surface area (Å²) in [4.78, 5) is 0. The summed E-state index contributed by atoms with van der Waals surface area (Å²) in [6, 6.07) is 0.135. The van der Waals surface area contributed by atoms with E-state index in [1.807, 2.05) is 7.11 Å². The first-order valence-electron chi connectivity index (χ1n) is 7.80.